The third kappa shape index (κ3) is 6.26. The SMILES string of the molecule is CCOc1cc(CN2CCC(Nc3ccc(C(F)(F)F)cn3)CC2)cc(OCC)c1. The lowest BCUT2D eigenvalue weighted by atomic mass is 10.0. The average molecular weight is 423 g/mol. The monoisotopic (exact) mass is 423 g/mol. The standard InChI is InChI=1S/C22H28F3N3O2/c1-3-29-19-11-16(12-20(13-19)30-4-2)15-28-9-7-18(8-10-28)27-21-6-5-17(14-26-21)22(23,24)25/h5-6,11-14,18H,3-4,7-10,15H2,1-2H3,(H,26,27). The van der Waals surface area contributed by atoms with Gasteiger partial charge in [0, 0.05) is 37.9 Å². The number of ether oxygens (including phenoxy) is 2. The highest BCUT2D eigenvalue weighted by Gasteiger charge is 2.30. The number of hydrogen-bond acceptors (Lipinski definition) is 5. The summed E-state index contributed by atoms with van der Waals surface area (Å²) in [5.74, 6) is 2.10. The van der Waals surface area contributed by atoms with Crippen LogP contribution in [0.3, 0.4) is 0 Å². The topological polar surface area (TPSA) is 46.6 Å². The third-order valence-electron chi connectivity index (χ3n) is 5.00. The van der Waals surface area contributed by atoms with Crippen LogP contribution in [0.2, 0.25) is 0 Å². The summed E-state index contributed by atoms with van der Waals surface area (Å²) in [6, 6.07) is 8.64. The first-order valence-corrected chi connectivity index (χ1v) is 10.3. The molecule has 5 nitrogen and oxygen atoms in total. The van der Waals surface area contributed by atoms with Crippen LogP contribution in [0, 0.1) is 0 Å². The number of rotatable bonds is 8. The highest BCUT2D eigenvalue weighted by molar-refractivity contribution is 5.39. The first kappa shape index (κ1) is 22.2. The molecule has 0 amide bonds. The maximum absolute atomic E-state index is 12.7. The van der Waals surface area contributed by atoms with E-state index in [9.17, 15) is 13.2 Å². The fraction of sp³-hybridized carbons (Fsp3) is 0.500. The molecule has 1 aromatic carbocycles. The second-order valence-electron chi connectivity index (χ2n) is 7.30. The van der Waals surface area contributed by atoms with E-state index in [1.54, 1.807) is 0 Å². The van der Waals surface area contributed by atoms with Crippen LogP contribution in [0.4, 0.5) is 19.0 Å². The van der Waals surface area contributed by atoms with Gasteiger partial charge in [-0.3, -0.25) is 4.90 Å². The molecule has 1 aliphatic rings. The minimum Gasteiger partial charge on any atom is -0.494 e. The average Bonchev–Trinajstić information content (AvgIpc) is 2.70. The summed E-state index contributed by atoms with van der Waals surface area (Å²) in [5.41, 5.74) is 0.406. The Balaban J connectivity index is 1.53. The molecule has 8 heteroatoms. The Bertz CT molecular complexity index is 780. The van der Waals surface area contributed by atoms with Gasteiger partial charge in [0.2, 0.25) is 0 Å². The molecule has 0 saturated carbocycles. The van der Waals surface area contributed by atoms with E-state index >= 15 is 0 Å². The Morgan fingerprint density at radius 3 is 2.17 bits per heavy atom. The molecule has 0 bridgehead atoms. The molecule has 1 saturated heterocycles. The summed E-state index contributed by atoms with van der Waals surface area (Å²) in [7, 11) is 0. The predicted molar refractivity (Wildman–Crippen MR) is 110 cm³/mol. The normalized spacial score (nSPS) is 15.8. The molecule has 0 unspecified atom stereocenters. The van der Waals surface area contributed by atoms with Gasteiger partial charge in [-0.15, -0.1) is 0 Å². The van der Waals surface area contributed by atoms with Gasteiger partial charge >= 0.3 is 6.18 Å². The van der Waals surface area contributed by atoms with Crippen LogP contribution in [0.25, 0.3) is 0 Å². The molecular weight excluding hydrogens is 395 g/mol. The van der Waals surface area contributed by atoms with Gasteiger partial charge in [0.15, 0.2) is 0 Å². The Morgan fingerprint density at radius 1 is 1.03 bits per heavy atom. The molecule has 1 aromatic heterocycles. The molecule has 1 N–H and O–H groups in total. The molecule has 0 spiro atoms. The Kier molecular flexibility index (Phi) is 7.42. The number of benzene rings is 1. The van der Waals surface area contributed by atoms with Gasteiger partial charge in [0.05, 0.1) is 18.8 Å². The summed E-state index contributed by atoms with van der Waals surface area (Å²) in [6.45, 7) is 7.69. The zero-order chi connectivity index (χ0) is 21.6. The van der Waals surface area contributed by atoms with E-state index in [0.717, 1.165) is 61.8 Å². The third-order valence-corrected chi connectivity index (χ3v) is 5.00. The molecule has 164 valence electrons. The van der Waals surface area contributed by atoms with Gasteiger partial charge in [-0.05, 0) is 56.5 Å². The van der Waals surface area contributed by atoms with Crippen molar-refractivity contribution >= 4 is 5.82 Å². The number of nitrogens with zero attached hydrogens (tertiary/aromatic N) is 2. The van der Waals surface area contributed by atoms with Gasteiger partial charge < -0.3 is 14.8 Å². The van der Waals surface area contributed by atoms with E-state index in [1.807, 2.05) is 32.0 Å². The van der Waals surface area contributed by atoms with Gasteiger partial charge in [-0.25, -0.2) is 4.98 Å². The van der Waals surface area contributed by atoms with Gasteiger partial charge in [-0.1, -0.05) is 0 Å². The fourth-order valence-electron chi connectivity index (χ4n) is 3.57. The van der Waals surface area contributed by atoms with Crippen LogP contribution in [0.1, 0.15) is 37.8 Å². The number of anilines is 1. The van der Waals surface area contributed by atoms with E-state index in [1.165, 1.54) is 6.07 Å². The van der Waals surface area contributed by atoms with Crippen molar-refractivity contribution in [2.24, 2.45) is 0 Å². The number of nitrogens with one attached hydrogen (secondary N) is 1. The number of piperidine rings is 1. The van der Waals surface area contributed by atoms with E-state index in [4.69, 9.17) is 9.47 Å². The van der Waals surface area contributed by atoms with Crippen molar-refractivity contribution < 1.29 is 22.6 Å². The van der Waals surface area contributed by atoms with Crippen molar-refractivity contribution in [1.29, 1.82) is 0 Å². The molecule has 2 heterocycles. The number of aromatic nitrogens is 1. The van der Waals surface area contributed by atoms with Crippen LogP contribution in [-0.2, 0) is 12.7 Å². The van der Waals surface area contributed by atoms with Crippen LogP contribution >= 0.6 is 0 Å². The number of likely N-dealkylation sites (tertiary alicyclic amines) is 1. The maximum atomic E-state index is 12.7. The van der Waals surface area contributed by atoms with Gasteiger partial charge in [0.25, 0.3) is 0 Å². The first-order chi connectivity index (χ1) is 14.4. The number of halogens is 3. The van der Waals surface area contributed by atoms with E-state index in [0.29, 0.717) is 19.0 Å². The lowest BCUT2D eigenvalue weighted by Gasteiger charge is -2.32. The Morgan fingerprint density at radius 2 is 1.67 bits per heavy atom. The molecule has 0 radical (unpaired) electrons. The van der Waals surface area contributed by atoms with Crippen molar-refractivity contribution in [2.45, 2.75) is 45.5 Å². The number of pyridine rings is 1. The zero-order valence-electron chi connectivity index (χ0n) is 17.3. The summed E-state index contributed by atoms with van der Waals surface area (Å²) >= 11 is 0. The number of hydrogen-bond donors (Lipinski definition) is 1. The minimum absolute atomic E-state index is 0.194. The predicted octanol–water partition coefficient (Wildman–Crippen LogP) is 4.97. The molecule has 1 aliphatic heterocycles. The van der Waals surface area contributed by atoms with Gasteiger partial charge in [-0.2, -0.15) is 13.2 Å². The van der Waals surface area contributed by atoms with E-state index < -0.39 is 11.7 Å². The van der Waals surface area contributed by atoms with Crippen LogP contribution in [-0.4, -0.2) is 42.2 Å². The summed E-state index contributed by atoms with van der Waals surface area (Å²) in [4.78, 5) is 6.27. The molecule has 2 aromatic rings. The maximum Gasteiger partial charge on any atom is 0.417 e. The second kappa shape index (κ2) is 10.0. The Labute approximate surface area is 175 Å². The molecule has 0 atom stereocenters. The molecule has 3 rings (SSSR count). The minimum atomic E-state index is -4.36. The smallest absolute Gasteiger partial charge is 0.417 e. The number of alkyl halides is 3. The molecule has 1 fully saturated rings. The lowest BCUT2D eigenvalue weighted by molar-refractivity contribution is -0.137. The highest BCUT2D eigenvalue weighted by Crippen LogP contribution is 2.29. The zero-order valence-corrected chi connectivity index (χ0v) is 17.3. The fourth-order valence-corrected chi connectivity index (χ4v) is 3.57. The van der Waals surface area contributed by atoms with Crippen LogP contribution < -0.4 is 14.8 Å². The van der Waals surface area contributed by atoms with Crippen molar-refractivity contribution in [2.75, 3.05) is 31.6 Å². The largest absolute Gasteiger partial charge is 0.494 e. The molecular formula is C22H28F3N3O2. The van der Waals surface area contributed by atoms with Crippen molar-refractivity contribution in [1.82, 2.24) is 9.88 Å². The summed E-state index contributed by atoms with van der Waals surface area (Å²) in [6.07, 6.45) is -1.70. The van der Waals surface area contributed by atoms with Crippen molar-refractivity contribution in [3.8, 4) is 11.5 Å². The second-order valence-corrected chi connectivity index (χ2v) is 7.30. The van der Waals surface area contributed by atoms with Crippen molar-refractivity contribution in [3.63, 3.8) is 0 Å². The van der Waals surface area contributed by atoms with E-state index in [-0.39, 0.29) is 6.04 Å². The quantitative estimate of drug-likeness (QED) is 0.649. The first-order valence-electron chi connectivity index (χ1n) is 10.3. The molecule has 0 aliphatic carbocycles. The summed E-state index contributed by atoms with van der Waals surface area (Å²) < 4.78 is 49.3. The van der Waals surface area contributed by atoms with Crippen LogP contribution in [0.15, 0.2) is 36.5 Å². The van der Waals surface area contributed by atoms with E-state index in [2.05, 4.69) is 15.2 Å². The van der Waals surface area contributed by atoms with Crippen LogP contribution in [0.5, 0.6) is 11.5 Å². The molecule has 30 heavy (non-hydrogen) atoms. The van der Waals surface area contributed by atoms with Crippen molar-refractivity contribution in [3.05, 3.63) is 47.7 Å². The highest BCUT2D eigenvalue weighted by atomic mass is 19.4. The lowest BCUT2D eigenvalue weighted by Crippen LogP contribution is -2.38. The van der Waals surface area contributed by atoms with Gasteiger partial charge in [0.1, 0.15) is 17.3 Å². The Hall–Kier alpha value is -2.48. The summed E-state index contributed by atoms with van der Waals surface area (Å²) in [5, 5.41) is 3.25.